The van der Waals surface area contributed by atoms with Crippen LogP contribution >= 0.6 is 0 Å². The van der Waals surface area contributed by atoms with Crippen LogP contribution in [0.2, 0.25) is 0 Å². The van der Waals surface area contributed by atoms with Crippen molar-refractivity contribution < 1.29 is 9.53 Å². The molecule has 3 aromatic rings. The van der Waals surface area contributed by atoms with E-state index in [1.54, 1.807) is 13.2 Å². The molecule has 1 amide bonds. The van der Waals surface area contributed by atoms with Gasteiger partial charge in [-0.3, -0.25) is 4.79 Å². The molecule has 0 radical (unpaired) electrons. The van der Waals surface area contributed by atoms with E-state index in [0.717, 1.165) is 29.8 Å². The second kappa shape index (κ2) is 18.5. The number of fused-ring (bicyclic) bond motifs is 1. The molecule has 2 aromatic carbocycles. The van der Waals surface area contributed by atoms with Gasteiger partial charge in [0, 0.05) is 12.1 Å². The SMILES string of the molecule is CCCCCCCCCCCCCCCCCCn1c(C(C)NC(=O)c2cccc(OC)c2)nc2ccccc21. The number of ether oxygens (including phenoxy) is 1. The van der Waals surface area contributed by atoms with Gasteiger partial charge >= 0.3 is 0 Å². The minimum atomic E-state index is -0.202. The lowest BCUT2D eigenvalue weighted by atomic mass is 10.0. The van der Waals surface area contributed by atoms with Gasteiger partial charge in [0.2, 0.25) is 0 Å². The number of carbonyl (C=O) groups is 1. The molecule has 1 heterocycles. The Morgan fingerprint density at radius 1 is 0.800 bits per heavy atom. The summed E-state index contributed by atoms with van der Waals surface area (Å²) in [4.78, 5) is 17.8. The van der Waals surface area contributed by atoms with Crippen molar-refractivity contribution in [2.45, 2.75) is 129 Å². The number of nitrogens with one attached hydrogen (secondary N) is 1. The van der Waals surface area contributed by atoms with Crippen molar-refractivity contribution in [3.05, 3.63) is 59.9 Å². The van der Waals surface area contributed by atoms with Gasteiger partial charge in [0.05, 0.1) is 24.2 Å². The molecule has 0 aliphatic heterocycles. The van der Waals surface area contributed by atoms with E-state index >= 15 is 0 Å². The molecule has 0 saturated heterocycles. The van der Waals surface area contributed by atoms with E-state index in [1.807, 2.05) is 31.2 Å². The molecule has 0 spiro atoms. The highest BCUT2D eigenvalue weighted by atomic mass is 16.5. The number of benzene rings is 2. The lowest BCUT2D eigenvalue weighted by molar-refractivity contribution is 0.0937. The van der Waals surface area contributed by atoms with Crippen molar-refractivity contribution in [1.82, 2.24) is 14.9 Å². The zero-order chi connectivity index (χ0) is 28.4. The predicted octanol–water partition coefficient (Wildman–Crippen LogP) is 9.80. The number of aryl methyl sites for hydroxylation is 1. The third-order valence-electron chi connectivity index (χ3n) is 7.99. The van der Waals surface area contributed by atoms with E-state index in [2.05, 4.69) is 35.0 Å². The topological polar surface area (TPSA) is 56.2 Å². The Hall–Kier alpha value is -2.82. The third kappa shape index (κ3) is 10.6. The Bertz CT molecular complexity index is 1120. The van der Waals surface area contributed by atoms with Crippen LogP contribution in [0.4, 0.5) is 0 Å². The average Bonchev–Trinajstić information content (AvgIpc) is 3.35. The zero-order valence-corrected chi connectivity index (χ0v) is 25.4. The Morgan fingerprint density at radius 3 is 1.98 bits per heavy atom. The van der Waals surface area contributed by atoms with Crippen molar-refractivity contribution in [2.75, 3.05) is 7.11 Å². The van der Waals surface area contributed by atoms with Gasteiger partial charge in [-0.15, -0.1) is 0 Å². The smallest absolute Gasteiger partial charge is 0.251 e. The lowest BCUT2D eigenvalue weighted by Gasteiger charge is -2.17. The molecule has 0 saturated carbocycles. The highest BCUT2D eigenvalue weighted by Crippen LogP contribution is 2.23. The maximum atomic E-state index is 12.9. The van der Waals surface area contributed by atoms with E-state index < -0.39 is 0 Å². The number of methoxy groups -OCH3 is 1. The fraction of sp³-hybridized carbons (Fsp3) is 0.600. The third-order valence-corrected chi connectivity index (χ3v) is 7.99. The minimum absolute atomic E-state index is 0.118. The van der Waals surface area contributed by atoms with Crippen LogP contribution in [0.1, 0.15) is 139 Å². The van der Waals surface area contributed by atoms with Gasteiger partial charge in [0.1, 0.15) is 11.6 Å². The number of hydrogen-bond donors (Lipinski definition) is 1. The zero-order valence-electron chi connectivity index (χ0n) is 25.4. The van der Waals surface area contributed by atoms with Gasteiger partial charge in [0.15, 0.2) is 0 Å². The summed E-state index contributed by atoms with van der Waals surface area (Å²) >= 11 is 0. The van der Waals surface area contributed by atoms with Crippen LogP contribution in [0.5, 0.6) is 5.75 Å². The second-order valence-corrected chi connectivity index (χ2v) is 11.3. The molecule has 220 valence electrons. The average molecular weight is 548 g/mol. The Kier molecular flexibility index (Phi) is 14.7. The van der Waals surface area contributed by atoms with Crippen LogP contribution in [-0.2, 0) is 6.54 Å². The first-order chi connectivity index (χ1) is 19.6. The van der Waals surface area contributed by atoms with E-state index in [4.69, 9.17) is 9.72 Å². The number of para-hydroxylation sites is 2. The molecular weight excluding hydrogens is 494 g/mol. The Balaban J connectivity index is 1.36. The summed E-state index contributed by atoms with van der Waals surface area (Å²) in [6.45, 7) is 5.23. The first-order valence-electron chi connectivity index (χ1n) is 16.0. The summed E-state index contributed by atoms with van der Waals surface area (Å²) in [7, 11) is 1.61. The van der Waals surface area contributed by atoms with Gasteiger partial charge in [-0.25, -0.2) is 4.98 Å². The summed E-state index contributed by atoms with van der Waals surface area (Å²) in [6, 6.07) is 15.3. The molecule has 40 heavy (non-hydrogen) atoms. The fourth-order valence-electron chi connectivity index (χ4n) is 5.59. The van der Waals surface area contributed by atoms with Crippen LogP contribution in [0.3, 0.4) is 0 Å². The molecule has 0 aliphatic carbocycles. The molecule has 0 aliphatic rings. The predicted molar refractivity (Wildman–Crippen MR) is 168 cm³/mol. The molecule has 5 heteroatoms. The van der Waals surface area contributed by atoms with Crippen molar-refractivity contribution in [2.24, 2.45) is 0 Å². The standard InChI is InChI=1S/C35H53N3O2/c1-4-5-6-7-8-9-10-11-12-13-14-15-16-17-18-21-27-38-33-26-20-19-25-32(33)37-34(38)29(2)36-35(39)30-23-22-24-31(28-30)40-3/h19-20,22-26,28-29H,4-18,21,27H2,1-3H3,(H,36,39). The van der Waals surface area contributed by atoms with Gasteiger partial charge in [0.25, 0.3) is 5.91 Å². The van der Waals surface area contributed by atoms with Crippen molar-refractivity contribution in [3.63, 3.8) is 0 Å². The summed E-state index contributed by atoms with van der Waals surface area (Å²) in [6.07, 6.45) is 21.9. The molecule has 1 aromatic heterocycles. The normalized spacial score (nSPS) is 12.1. The number of imidazole rings is 1. The number of rotatable bonds is 21. The van der Waals surface area contributed by atoms with E-state index in [9.17, 15) is 4.79 Å². The van der Waals surface area contributed by atoms with Gasteiger partial charge in [-0.2, -0.15) is 0 Å². The molecular formula is C35H53N3O2. The van der Waals surface area contributed by atoms with Crippen LogP contribution < -0.4 is 10.1 Å². The van der Waals surface area contributed by atoms with Crippen LogP contribution in [0.15, 0.2) is 48.5 Å². The number of amides is 1. The summed E-state index contributed by atoms with van der Waals surface area (Å²) < 4.78 is 7.58. The highest BCUT2D eigenvalue weighted by Gasteiger charge is 2.19. The number of nitrogens with zero attached hydrogens (tertiary/aromatic N) is 2. The summed E-state index contributed by atoms with van der Waals surface area (Å²) in [5.74, 6) is 1.47. The highest BCUT2D eigenvalue weighted by molar-refractivity contribution is 5.94. The molecule has 0 fully saturated rings. The number of aromatic nitrogens is 2. The maximum absolute atomic E-state index is 12.9. The monoisotopic (exact) mass is 547 g/mol. The molecule has 1 N–H and O–H groups in total. The molecule has 5 nitrogen and oxygen atoms in total. The first kappa shape index (κ1) is 31.7. The van der Waals surface area contributed by atoms with Gasteiger partial charge < -0.3 is 14.6 Å². The molecule has 1 unspecified atom stereocenters. The Morgan fingerprint density at radius 2 is 1.38 bits per heavy atom. The Labute approximate surface area is 243 Å². The summed E-state index contributed by atoms with van der Waals surface area (Å²) in [5.41, 5.74) is 2.71. The minimum Gasteiger partial charge on any atom is -0.497 e. The van der Waals surface area contributed by atoms with Crippen molar-refractivity contribution in [3.8, 4) is 5.75 Å². The fourth-order valence-corrected chi connectivity index (χ4v) is 5.59. The number of hydrogen-bond acceptors (Lipinski definition) is 3. The van der Waals surface area contributed by atoms with Crippen LogP contribution in [0.25, 0.3) is 11.0 Å². The van der Waals surface area contributed by atoms with Gasteiger partial charge in [-0.1, -0.05) is 121 Å². The van der Waals surface area contributed by atoms with E-state index in [1.165, 1.54) is 96.3 Å². The second-order valence-electron chi connectivity index (χ2n) is 11.3. The number of carbonyl (C=O) groups excluding carboxylic acids is 1. The lowest BCUT2D eigenvalue weighted by Crippen LogP contribution is -2.28. The van der Waals surface area contributed by atoms with E-state index in [-0.39, 0.29) is 11.9 Å². The van der Waals surface area contributed by atoms with E-state index in [0.29, 0.717) is 11.3 Å². The largest absolute Gasteiger partial charge is 0.497 e. The number of unbranched alkanes of at least 4 members (excludes halogenated alkanes) is 15. The van der Waals surface area contributed by atoms with Crippen molar-refractivity contribution in [1.29, 1.82) is 0 Å². The van der Waals surface area contributed by atoms with Gasteiger partial charge in [-0.05, 0) is 43.7 Å². The molecule has 3 rings (SSSR count). The van der Waals surface area contributed by atoms with Crippen LogP contribution in [0, 0.1) is 0 Å². The maximum Gasteiger partial charge on any atom is 0.251 e. The van der Waals surface area contributed by atoms with Crippen molar-refractivity contribution >= 4 is 16.9 Å². The molecule has 1 atom stereocenters. The molecule has 0 bridgehead atoms. The van der Waals surface area contributed by atoms with Crippen LogP contribution in [-0.4, -0.2) is 22.6 Å². The summed E-state index contributed by atoms with van der Waals surface area (Å²) in [5, 5.41) is 3.14. The quantitative estimate of drug-likeness (QED) is 0.135. The first-order valence-corrected chi connectivity index (χ1v) is 16.0.